The highest BCUT2D eigenvalue weighted by Crippen LogP contribution is 2.41. The average Bonchev–Trinajstić information content (AvgIpc) is 2.94. The van der Waals surface area contributed by atoms with E-state index >= 15 is 0 Å². The number of thiophene rings is 1. The number of methoxy groups -OCH3 is 1. The van der Waals surface area contributed by atoms with Crippen LogP contribution in [0.5, 0.6) is 5.75 Å². The fourth-order valence-corrected chi connectivity index (χ4v) is 4.27. The molecule has 0 fully saturated rings. The first-order chi connectivity index (χ1) is 11.6. The maximum Gasteiger partial charge on any atom is 0.265 e. The van der Waals surface area contributed by atoms with Gasteiger partial charge in [0.25, 0.3) is 5.91 Å². The van der Waals surface area contributed by atoms with Crippen LogP contribution in [0.25, 0.3) is 10.2 Å². The van der Waals surface area contributed by atoms with Gasteiger partial charge in [0.2, 0.25) is 0 Å². The van der Waals surface area contributed by atoms with E-state index in [1.54, 1.807) is 7.11 Å². The summed E-state index contributed by atoms with van der Waals surface area (Å²) in [4.78, 5) is 18.7. The van der Waals surface area contributed by atoms with Crippen molar-refractivity contribution in [3.8, 4) is 5.75 Å². The Kier molecular flexibility index (Phi) is 3.42. The highest BCUT2D eigenvalue weighted by molar-refractivity contribution is 7.21. The van der Waals surface area contributed by atoms with Crippen molar-refractivity contribution >= 4 is 33.1 Å². The molecule has 5 nitrogen and oxygen atoms in total. The lowest BCUT2D eigenvalue weighted by molar-refractivity contribution is 0.0940. The Morgan fingerprint density at radius 2 is 2.04 bits per heavy atom. The molecule has 0 spiro atoms. The van der Waals surface area contributed by atoms with E-state index in [4.69, 9.17) is 4.74 Å². The molecule has 1 atom stereocenters. The first-order valence-corrected chi connectivity index (χ1v) is 8.50. The Morgan fingerprint density at radius 3 is 2.83 bits per heavy atom. The quantitative estimate of drug-likeness (QED) is 0.746. The molecular formula is C18H17N3O2S. The SMILES string of the molecule is COc1cccc([C@@H]2NC(=O)c3sc4nc(C)cc(C)c4c3N2)c1. The van der Waals surface area contributed by atoms with Gasteiger partial charge in [0, 0.05) is 11.1 Å². The highest BCUT2D eigenvalue weighted by Gasteiger charge is 2.29. The molecule has 24 heavy (non-hydrogen) atoms. The van der Waals surface area contributed by atoms with Gasteiger partial charge >= 0.3 is 0 Å². The number of anilines is 1. The third-order valence-electron chi connectivity index (χ3n) is 4.18. The molecule has 0 radical (unpaired) electrons. The summed E-state index contributed by atoms with van der Waals surface area (Å²) in [5.74, 6) is 0.689. The van der Waals surface area contributed by atoms with Gasteiger partial charge in [0.15, 0.2) is 0 Å². The minimum absolute atomic E-state index is 0.0726. The molecule has 0 unspecified atom stereocenters. The molecule has 2 aromatic heterocycles. The molecule has 6 heteroatoms. The Balaban J connectivity index is 1.83. The van der Waals surface area contributed by atoms with Gasteiger partial charge in [0.1, 0.15) is 21.6 Å². The lowest BCUT2D eigenvalue weighted by Gasteiger charge is -2.26. The second kappa shape index (κ2) is 5.49. The first kappa shape index (κ1) is 15.0. The molecule has 3 heterocycles. The van der Waals surface area contributed by atoms with Crippen molar-refractivity contribution in [3.63, 3.8) is 0 Å². The van der Waals surface area contributed by atoms with Gasteiger partial charge in [-0.05, 0) is 43.2 Å². The number of rotatable bonds is 2. The van der Waals surface area contributed by atoms with E-state index in [9.17, 15) is 4.79 Å². The molecule has 0 saturated heterocycles. The number of nitrogens with one attached hydrogen (secondary N) is 2. The number of carbonyl (C=O) groups excluding carboxylic acids is 1. The van der Waals surface area contributed by atoms with E-state index in [0.717, 1.165) is 38.5 Å². The molecule has 0 bridgehead atoms. The van der Waals surface area contributed by atoms with Crippen molar-refractivity contribution in [2.45, 2.75) is 20.0 Å². The van der Waals surface area contributed by atoms with E-state index in [-0.39, 0.29) is 12.1 Å². The van der Waals surface area contributed by atoms with Crippen molar-refractivity contribution in [3.05, 3.63) is 52.0 Å². The molecule has 122 valence electrons. The number of amides is 1. The van der Waals surface area contributed by atoms with E-state index in [1.165, 1.54) is 11.3 Å². The lowest BCUT2D eigenvalue weighted by Crippen LogP contribution is -2.37. The summed E-state index contributed by atoms with van der Waals surface area (Å²) in [7, 11) is 1.63. The molecule has 1 aliphatic rings. The van der Waals surface area contributed by atoms with Crippen molar-refractivity contribution in [2.24, 2.45) is 0 Å². The number of carbonyl (C=O) groups is 1. The maximum absolute atomic E-state index is 12.6. The number of benzene rings is 1. The van der Waals surface area contributed by atoms with E-state index in [2.05, 4.69) is 22.5 Å². The van der Waals surface area contributed by atoms with Crippen LogP contribution in [-0.2, 0) is 0 Å². The summed E-state index contributed by atoms with van der Waals surface area (Å²) < 4.78 is 5.28. The van der Waals surface area contributed by atoms with Gasteiger partial charge in [-0.1, -0.05) is 12.1 Å². The van der Waals surface area contributed by atoms with Crippen molar-refractivity contribution < 1.29 is 9.53 Å². The van der Waals surface area contributed by atoms with Gasteiger partial charge in [-0.3, -0.25) is 4.79 Å². The number of aryl methyl sites for hydroxylation is 2. The number of ether oxygens (including phenoxy) is 1. The van der Waals surface area contributed by atoms with Gasteiger partial charge in [-0.25, -0.2) is 4.98 Å². The fraction of sp³-hybridized carbons (Fsp3) is 0.222. The van der Waals surface area contributed by atoms with E-state index < -0.39 is 0 Å². The zero-order valence-corrected chi connectivity index (χ0v) is 14.5. The van der Waals surface area contributed by atoms with Crippen LogP contribution >= 0.6 is 11.3 Å². The Hall–Kier alpha value is -2.60. The molecule has 3 aromatic rings. The second-order valence-corrected chi connectivity index (χ2v) is 6.89. The molecule has 1 aliphatic heterocycles. The molecular weight excluding hydrogens is 322 g/mol. The number of fused-ring (bicyclic) bond motifs is 3. The summed E-state index contributed by atoms with van der Waals surface area (Å²) in [5.41, 5.74) is 3.91. The van der Waals surface area contributed by atoms with Crippen LogP contribution in [-0.4, -0.2) is 18.0 Å². The normalized spacial score (nSPS) is 16.5. The Bertz CT molecular complexity index is 964. The lowest BCUT2D eigenvalue weighted by atomic mass is 10.1. The first-order valence-electron chi connectivity index (χ1n) is 7.69. The van der Waals surface area contributed by atoms with Gasteiger partial charge in [0.05, 0.1) is 12.8 Å². The van der Waals surface area contributed by atoms with Crippen LogP contribution in [0.4, 0.5) is 5.69 Å². The second-order valence-electron chi connectivity index (χ2n) is 5.89. The van der Waals surface area contributed by atoms with Crippen molar-refractivity contribution in [2.75, 3.05) is 12.4 Å². The summed E-state index contributed by atoms with van der Waals surface area (Å²) in [6, 6.07) is 9.74. The van der Waals surface area contributed by atoms with Gasteiger partial charge in [-0.15, -0.1) is 11.3 Å². The Labute approximate surface area is 143 Å². The molecule has 1 amide bonds. The average molecular weight is 339 g/mol. The monoisotopic (exact) mass is 339 g/mol. The molecule has 1 aromatic carbocycles. The summed E-state index contributed by atoms with van der Waals surface area (Å²) >= 11 is 1.43. The summed E-state index contributed by atoms with van der Waals surface area (Å²) in [5, 5.41) is 7.50. The smallest absolute Gasteiger partial charge is 0.265 e. The number of pyridine rings is 1. The van der Waals surface area contributed by atoms with Crippen LogP contribution in [0.2, 0.25) is 0 Å². The highest BCUT2D eigenvalue weighted by atomic mass is 32.1. The van der Waals surface area contributed by atoms with Gasteiger partial charge in [-0.2, -0.15) is 0 Å². The molecule has 4 rings (SSSR count). The van der Waals surface area contributed by atoms with E-state index in [0.29, 0.717) is 4.88 Å². The fourth-order valence-electron chi connectivity index (χ4n) is 3.10. The summed E-state index contributed by atoms with van der Waals surface area (Å²) in [6.07, 6.45) is -0.293. The standard InChI is InChI=1S/C18H17N3O2S/c1-9-7-10(2)19-18-13(9)14-15(24-18)17(22)21-16(20-14)11-5-4-6-12(8-11)23-3/h4-8,16,20H,1-3H3,(H,21,22)/t16-/m0/s1. The number of nitrogens with zero attached hydrogens (tertiary/aromatic N) is 1. The minimum atomic E-state index is -0.293. The third kappa shape index (κ3) is 2.30. The van der Waals surface area contributed by atoms with Crippen LogP contribution in [0.15, 0.2) is 30.3 Å². The van der Waals surface area contributed by atoms with Crippen molar-refractivity contribution in [1.29, 1.82) is 0 Å². The number of hydrogen-bond donors (Lipinski definition) is 2. The van der Waals surface area contributed by atoms with Crippen LogP contribution in [0.1, 0.15) is 32.7 Å². The molecule has 0 saturated carbocycles. The van der Waals surface area contributed by atoms with Crippen molar-refractivity contribution in [1.82, 2.24) is 10.3 Å². The van der Waals surface area contributed by atoms with Crippen LogP contribution < -0.4 is 15.4 Å². The maximum atomic E-state index is 12.6. The molecule has 2 N–H and O–H groups in total. The predicted octanol–water partition coefficient (Wildman–Crippen LogP) is 3.78. The third-order valence-corrected chi connectivity index (χ3v) is 5.27. The van der Waals surface area contributed by atoms with Gasteiger partial charge < -0.3 is 15.4 Å². The number of hydrogen-bond acceptors (Lipinski definition) is 5. The topological polar surface area (TPSA) is 63.2 Å². The largest absolute Gasteiger partial charge is 0.497 e. The number of aromatic nitrogens is 1. The minimum Gasteiger partial charge on any atom is -0.497 e. The molecule has 0 aliphatic carbocycles. The Morgan fingerprint density at radius 1 is 1.21 bits per heavy atom. The predicted molar refractivity (Wildman–Crippen MR) is 95.9 cm³/mol. The van der Waals surface area contributed by atoms with Crippen LogP contribution in [0, 0.1) is 13.8 Å². The zero-order valence-electron chi connectivity index (χ0n) is 13.6. The van der Waals surface area contributed by atoms with Crippen LogP contribution in [0.3, 0.4) is 0 Å². The summed E-state index contributed by atoms with van der Waals surface area (Å²) in [6.45, 7) is 4.02. The van der Waals surface area contributed by atoms with E-state index in [1.807, 2.05) is 37.3 Å². The zero-order chi connectivity index (χ0) is 16.8.